The molecule has 0 saturated carbocycles. The van der Waals surface area contributed by atoms with Crippen LogP contribution in [0.2, 0.25) is 0 Å². The minimum absolute atomic E-state index is 0.0539. The number of thioether (sulfide) groups is 1. The third-order valence-corrected chi connectivity index (χ3v) is 4.11. The summed E-state index contributed by atoms with van der Waals surface area (Å²) >= 11 is 1.57. The van der Waals surface area contributed by atoms with Crippen LogP contribution in [0.4, 0.5) is 0 Å². The van der Waals surface area contributed by atoms with E-state index in [2.05, 4.69) is 35.2 Å². The molecule has 0 atom stereocenters. The minimum atomic E-state index is -4.33. The molecule has 0 amide bonds. The van der Waals surface area contributed by atoms with Gasteiger partial charge in [0.2, 0.25) is 0 Å². The van der Waals surface area contributed by atoms with Gasteiger partial charge in [-0.05, 0) is 16.3 Å². The van der Waals surface area contributed by atoms with Crippen LogP contribution in [0.5, 0.6) is 0 Å². The number of rotatable bonds is 7. The summed E-state index contributed by atoms with van der Waals surface area (Å²) in [6, 6.07) is 14.4. The van der Waals surface area contributed by atoms with Gasteiger partial charge in [0.1, 0.15) is 0 Å². The fraction of sp³-hybridized carbons (Fsp3) is 0.214. The van der Waals surface area contributed by atoms with Gasteiger partial charge in [0.05, 0.1) is 6.61 Å². The van der Waals surface area contributed by atoms with Gasteiger partial charge in [-0.2, -0.15) is 11.8 Å². The van der Waals surface area contributed by atoms with Gasteiger partial charge in [0.25, 0.3) is 0 Å². The second-order valence-electron chi connectivity index (χ2n) is 4.17. The summed E-state index contributed by atoms with van der Waals surface area (Å²) in [6.45, 7) is 0.0539. The quantitative estimate of drug-likeness (QED) is 0.607. The molecule has 20 heavy (non-hydrogen) atoms. The van der Waals surface area contributed by atoms with Crippen LogP contribution in [0.25, 0.3) is 10.8 Å². The Morgan fingerprint density at radius 1 is 1.15 bits per heavy atom. The zero-order valence-corrected chi connectivity index (χ0v) is 12.5. The molecular weight excluding hydrogens is 295 g/mol. The third-order valence-electron chi connectivity index (χ3n) is 2.73. The molecule has 2 aromatic carbocycles. The normalized spacial score (nSPS) is 11.9. The van der Waals surface area contributed by atoms with E-state index in [1.54, 1.807) is 11.8 Å². The Bertz CT molecular complexity index is 606. The maximum absolute atomic E-state index is 10.5. The van der Waals surface area contributed by atoms with Gasteiger partial charge in [-0.25, -0.2) is 4.57 Å². The average molecular weight is 311 g/mol. The van der Waals surface area contributed by atoms with Crippen LogP contribution in [0.15, 0.2) is 42.5 Å². The molecule has 0 aliphatic carbocycles. The largest absolute Gasteiger partial charge is 0.469 e. The van der Waals surface area contributed by atoms with Crippen LogP contribution in [0.3, 0.4) is 0 Å². The van der Waals surface area contributed by atoms with E-state index >= 15 is 0 Å². The number of fused-ring (bicyclic) bond motifs is 1. The molecule has 4 nitrogen and oxygen atoms in total. The smallest absolute Gasteiger partial charge is 0.303 e. The van der Waals surface area contributed by atoms with Crippen molar-refractivity contribution in [3.05, 3.63) is 54.4 Å². The Balaban J connectivity index is 1.80. The first-order valence-corrected chi connectivity index (χ1v) is 8.83. The van der Waals surface area contributed by atoms with E-state index < -0.39 is 7.82 Å². The molecule has 0 bridgehead atoms. The molecule has 0 heterocycles. The monoisotopic (exact) mass is 311 g/mol. The second kappa shape index (κ2) is 7.25. The molecule has 0 aliphatic rings. The highest BCUT2D eigenvalue weighted by Gasteiger charge is 2.12. The van der Waals surface area contributed by atoms with Crippen LogP contribution in [-0.2, 0) is 9.09 Å². The lowest BCUT2D eigenvalue weighted by atomic mass is 10.0. The van der Waals surface area contributed by atoms with E-state index in [-0.39, 0.29) is 6.61 Å². The molecule has 0 aromatic heterocycles. The lowest BCUT2D eigenvalue weighted by Gasteiger charge is -2.07. The Labute approximate surface area is 122 Å². The van der Waals surface area contributed by atoms with Gasteiger partial charge < -0.3 is 9.79 Å². The van der Waals surface area contributed by atoms with E-state index in [1.807, 2.05) is 18.2 Å². The maximum atomic E-state index is 10.5. The molecule has 2 N–H and O–H groups in total. The summed E-state index contributed by atoms with van der Waals surface area (Å²) in [5.74, 6) is 1.32. The summed E-state index contributed by atoms with van der Waals surface area (Å²) < 4.78 is 14.9. The van der Waals surface area contributed by atoms with Crippen LogP contribution < -0.4 is 0 Å². The molecule has 107 valence electrons. The minimum Gasteiger partial charge on any atom is -0.303 e. The molecule has 2 aromatic rings. The van der Waals surface area contributed by atoms with Gasteiger partial charge in [-0.1, -0.05) is 42.5 Å². The van der Waals surface area contributed by atoms with Crippen molar-refractivity contribution in [2.75, 3.05) is 18.1 Å². The fourth-order valence-electron chi connectivity index (χ4n) is 1.88. The van der Waals surface area contributed by atoms with Crippen LogP contribution >= 0.6 is 19.6 Å². The van der Waals surface area contributed by atoms with E-state index in [0.717, 1.165) is 5.75 Å². The number of hydrogen-bond acceptors (Lipinski definition) is 3. The standard InChI is InChI=1S/C14H16O4PS/c15-19(16,17)18-9-11-20-10-8-13-6-3-5-12-4-1-2-7-14(12)13/h1-8H,9-11H2,(H2,15,16,17). The predicted molar refractivity (Wildman–Crippen MR) is 82.7 cm³/mol. The Morgan fingerprint density at radius 2 is 1.90 bits per heavy atom. The van der Waals surface area contributed by atoms with Crippen molar-refractivity contribution in [3.63, 3.8) is 0 Å². The summed E-state index contributed by atoms with van der Waals surface area (Å²) in [4.78, 5) is 17.1. The lowest BCUT2D eigenvalue weighted by molar-refractivity contribution is 0.208. The highest BCUT2D eigenvalue weighted by molar-refractivity contribution is 7.99. The fourth-order valence-corrected chi connectivity index (χ4v) is 2.99. The van der Waals surface area contributed by atoms with Gasteiger partial charge in [0.15, 0.2) is 0 Å². The number of phosphoric acid groups is 1. The molecule has 1 radical (unpaired) electrons. The molecule has 0 spiro atoms. The van der Waals surface area contributed by atoms with Crippen molar-refractivity contribution in [1.29, 1.82) is 0 Å². The zero-order chi connectivity index (χ0) is 14.4. The maximum Gasteiger partial charge on any atom is 0.469 e. The molecular formula is C14H16O4PS. The van der Waals surface area contributed by atoms with E-state index in [1.165, 1.54) is 16.3 Å². The molecule has 0 unspecified atom stereocenters. The van der Waals surface area contributed by atoms with Gasteiger partial charge >= 0.3 is 7.82 Å². The third kappa shape index (κ3) is 4.93. The number of benzene rings is 2. The van der Waals surface area contributed by atoms with Crippen molar-refractivity contribution in [3.8, 4) is 0 Å². The molecule has 2 rings (SSSR count). The van der Waals surface area contributed by atoms with Crippen LogP contribution in [0.1, 0.15) is 5.56 Å². The first kappa shape index (κ1) is 15.5. The SMILES string of the molecule is O=P(O)(O)OCCSC[CH]c1cccc2ccccc12. The molecule has 0 aliphatic heterocycles. The van der Waals surface area contributed by atoms with Crippen molar-refractivity contribution in [1.82, 2.24) is 0 Å². The van der Waals surface area contributed by atoms with Crippen LogP contribution in [0, 0.1) is 6.42 Å². The molecule has 0 saturated heterocycles. The van der Waals surface area contributed by atoms with E-state index in [0.29, 0.717) is 5.75 Å². The van der Waals surface area contributed by atoms with E-state index in [4.69, 9.17) is 9.79 Å². The summed E-state index contributed by atoms with van der Waals surface area (Å²) in [5, 5.41) is 2.41. The lowest BCUT2D eigenvalue weighted by Crippen LogP contribution is -1.96. The summed E-state index contributed by atoms with van der Waals surface area (Å²) in [7, 11) is -4.33. The highest BCUT2D eigenvalue weighted by atomic mass is 32.2. The first-order valence-electron chi connectivity index (χ1n) is 6.15. The topological polar surface area (TPSA) is 66.8 Å². The van der Waals surface area contributed by atoms with E-state index in [9.17, 15) is 4.57 Å². The Kier molecular flexibility index (Phi) is 5.64. The van der Waals surface area contributed by atoms with Gasteiger partial charge in [0, 0.05) is 17.9 Å². The summed E-state index contributed by atoms with van der Waals surface area (Å²) in [6.07, 6.45) is 2.12. The second-order valence-corrected chi connectivity index (χ2v) is 6.56. The Hall–Kier alpha value is -0.840. The molecule has 0 fully saturated rings. The van der Waals surface area contributed by atoms with Gasteiger partial charge in [-0.3, -0.25) is 4.52 Å². The van der Waals surface area contributed by atoms with Gasteiger partial charge in [-0.15, -0.1) is 0 Å². The van der Waals surface area contributed by atoms with Crippen molar-refractivity contribution >= 4 is 30.4 Å². The van der Waals surface area contributed by atoms with Crippen molar-refractivity contribution < 1.29 is 18.9 Å². The van der Waals surface area contributed by atoms with Crippen molar-refractivity contribution in [2.45, 2.75) is 0 Å². The zero-order valence-electron chi connectivity index (χ0n) is 10.8. The first-order chi connectivity index (χ1) is 9.56. The Morgan fingerprint density at radius 3 is 2.70 bits per heavy atom. The number of hydrogen-bond donors (Lipinski definition) is 2. The predicted octanol–water partition coefficient (Wildman–Crippen LogP) is 3.23. The van der Waals surface area contributed by atoms with Crippen molar-refractivity contribution in [2.24, 2.45) is 0 Å². The average Bonchev–Trinajstić information content (AvgIpc) is 2.41. The van der Waals surface area contributed by atoms with Crippen LogP contribution in [-0.4, -0.2) is 27.9 Å². The highest BCUT2D eigenvalue weighted by Crippen LogP contribution is 2.35. The number of phosphoric ester groups is 1. The molecule has 6 heteroatoms. The summed E-state index contributed by atoms with van der Waals surface area (Å²) in [5.41, 5.74) is 1.17.